The molecule has 1 saturated heterocycles. The summed E-state index contributed by atoms with van der Waals surface area (Å²) in [4.78, 5) is 27.1. The number of aliphatic hydroxyl groups excluding tert-OH is 2. The number of aromatic amines is 1. The molecule has 220 valence electrons. The van der Waals surface area contributed by atoms with E-state index < -0.39 is 48.0 Å². The number of benzene rings is 3. The van der Waals surface area contributed by atoms with E-state index in [9.17, 15) is 19.8 Å². The Balaban J connectivity index is 1.71. The van der Waals surface area contributed by atoms with Crippen LogP contribution >= 0.6 is 0 Å². The van der Waals surface area contributed by atoms with Crippen LogP contribution in [0.4, 0.5) is 0 Å². The van der Waals surface area contributed by atoms with Crippen molar-refractivity contribution in [2.45, 2.75) is 36.9 Å². The monoisotopic (exact) mass is 574 g/mol. The Labute approximate surface area is 242 Å². The van der Waals surface area contributed by atoms with E-state index in [4.69, 9.17) is 18.9 Å². The molecule has 1 aromatic heterocycles. The fraction of sp³-hybridized carbons (Fsp3) is 0.312. The fourth-order valence-electron chi connectivity index (χ4n) is 5.49. The smallest absolute Gasteiger partial charge is 0.330 e. The molecule has 0 bridgehead atoms. The molecular formula is C32H34N2O8. The van der Waals surface area contributed by atoms with Crippen molar-refractivity contribution in [2.24, 2.45) is 0 Å². The van der Waals surface area contributed by atoms with Gasteiger partial charge in [-0.3, -0.25) is 14.3 Å². The van der Waals surface area contributed by atoms with Gasteiger partial charge in [-0.25, -0.2) is 4.79 Å². The molecule has 1 fully saturated rings. The Kier molecular flexibility index (Phi) is 8.33. The summed E-state index contributed by atoms with van der Waals surface area (Å²) in [6.07, 6.45) is -0.350. The minimum atomic E-state index is -1.58. The summed E-state index contributed by atoms with van der Waals surface area (Å²) in [5, 5.41) is 21.2. The zero-order valence-electron chi connectivity index (χ0n) is 23.7. The van der Waals surface area contributed by atoms with Gasteiger partial charge in [0.2, 0.25) is 0 Å². The molecule has 0 saturated carbocycles. The second-order valence-electron chi connectivity index (χ2n) is 10.3. The number of nitrogens with zero attached hydrogens (tertiary/aromatic N) is 1. The van der Waals surface area contributed by atoms with Gasteiger partial charge in [-0.1, -0.05) is 54.6 Å². The Morgan fingerprint density at radius 1 is 0.881 bits per heavy atom. The first kappa shape index (κ1) is 29.3. The molecule has 10 heteroatoms. The van der Waals surface area contributed by atoms with E-state index >= 15 is 0 Å². The summed E-state index contributed by atoms with van der Waals surface area (Å²) in [5.74, 6) is 1.32. The van der Waals surface area contributed by atoms with Crippen molar-refractivity contribution in [1.29, 1.82) is 0 Å². The van der Waals surface area contributed by atoms with Crippen LogP contribution in [0.1, 0.15) is 34.9 Å². The van der Waals surface area contributed by atoms with Crippen molar-refractivity contribution in [3.8, 4) is 11.5 Å². The Morgan fingerprint density at radius 3 is 1.90 bits per heavy atom. The fourth-order valence-corrected chi connectivity index (χ4v) is 5.49. The summed E-state index contributed by atoms with van der Waals surface area (Å²) in [5.41, 5.74) is -1.39. The summed E-state index contributed by atoms with van der Waals surface area (Å²) in [6, 6.07) is 24.5. The predicted octanol–water partition coefficient (Wildman–Crippen LogP) is 2.88. The normalized spacial score (nSPS) is 18.1. The highest BCUT2D eigenvalue weighted by Crippen LogP contribution is 2.47. The van der Waals surface area contributed by atoms with Crippen molar-refractivity contribution in [1.82, 2.24) is 9.55 Å². The molecule has 3 N–H and O–H groups in total. The lowest BCUT2D eigenvalue weighted by atomic mass is 9.79. The van der Waals surface area contributed by atoms with Crippen LogP contribution in [0.25, 0.3) is 0 Å². The SMILES string of the molecule is COc1ccc(C(O[C@H]2C[C@H](n3cc(C)c(=O)[nH]c3=O)OC2(CO)CO)(c2ccccc2)c2ccc(OC)cc2)cc1. The lowest BCUT2D eigenvalue weighted by molar-refractivity contribution is -0.180. The maximum atomic E-state index is 12.8. The average Bonchev–Trinajstić information content (AvgIpc) is 3.40. The summed E-state index contributed by atoms with van der Waals surface area (Å²) >= 11 is 0. The van der Waals surface area contributed by atoms with E-state index in [-0.39, 0.29) is 6.42 Å². The van der Waals surface area contributed by atoms with Gasteiger partial charge in [-0.15, -0.1) is 0 Å². The first-order valence-corrected chi connectivity index (χ1v) is 13.5. The van der Waals surface area contributed by atoms with E-state index in [1.165, 1.54) is 10.8 Å². The molecule has 0 radical (unpaired) electrons. The molecule has 0 unspecified atom stereocenters. The Hall–Kier alpha value is -4.22. The predicted molar refractivity (Wildman–Crippen MR) is 155 cm³/mol. The first-order valence-electron chi connectivity index (χ1n) is 13.5. The third-order valence-electron chi connectivity index (χ3n) is 7.86. The molecular weight excluding hydrogens is 540 g/mol. The van der Waals surface area contributed by atoms with Gasteiger partial charge in [0.1, 0.15) is 28.9 Å². The van der Waals surface area contributed by atoms with Gasteiger partial charge in [0.05, 0.1) is 33.5 Å². The molecule has 42 heavy (non-hydrogen) atoms. The van der Waals surface area contributed by atoms with Crippen molar-refractivity contribution < 1.29 is 29.2 Å². The van der Waals surface area contributed by atoms with Gasteiger partial charge in [-0.2, -0.15) is 0 Å². The molecule has 0 amide bonds. The number of methoxy groups -OCH3 is 2. The van der Waals surface area contributed by atoms with Crippen molar-refractivity contribution in [2.75, 3.05) is 27.4 Å². The van der Waals surface area contributed by atoms with Crippen LogP contribution in [0.2, 0.25) is 0 Å². The van der Waals surface area contributed by atoms with Crippen LogP contribution in [0.3, 0.4) is 0 Å². The highest BCUT2D eigenvalue weighted by molar-refractivity contribution is 5.50. The van der Waals surface area contributed by atoms with Crippen LogP contribution in [0.5, 0.6) is 11.5 Å². The molecule has 5 rings (SSSR count). The number of nitrogens with one attached hydrogen (secondary N) is 1. The van der Waals surface area contributed by atoms with Crippen LogP contribution in [0, 0.1) is 6.92 Å². The zero-order chi connectivity index (χ0) is 29.9. The molecule has 2 heterocycles. The highest BCUT2D eigenvalue weighted by Gasteiger charge is 2.54. The average molecular weight is 575 g/mol. The van der Waals surface area contributed by atoms with E-state index in [2.05, 4.69) is 4.98 Å². The molecule has 2 atom stereocenters. The second-order valence-corrected chi connectivity index (χ2v) is 10.3. The third-order valence-corrected chi connectivity index (χ3v) is 7.86. The van der Waals surface area contributed by atoms with Gasteiger partial charge in [0.15, 0.2) is 0 Å². The number of ether oxygens (including phenoxy) is 4. The number of aryl methyl sites for hydroxylation is 1. The van der Waals surface area contributed by atoms with Gasteiger partial charge < -0.3 is 29.2 Å². The van der Waals surface area contributed by atoms with Gasteiger partial charge in [0.25, 0.3) is 5.56 Å². The van der Waals surface area contributed by atoms with Gasteiger partial charge >= 0.3 is 5.69 Å². The molecule has 1 aliphatic heterocycles. The standard InChI is InChI=1S/C32H34N2O8/c1-21-18-34(30(38)33-29(21)37)28-17-27(31(19-35,20-36)42-28)41-32(22-7-5-4-6-8-22,23-9-13-25(39-2)14-10-23)24-11-15-26(40-3)16-12-24/h4-16,18,27-28,35-36H,17,19-20H2,1-3H3,(H,33,37,38)/t27-,28+/m0/s1. The lowest BCUT2D eigenvalue weighted by Crippen LogP contribution is -2.51. The number of rotatable bonds is 10. The molecule has 0 aliphatic carbocycles. The second kappa shape index (κ2) is 11.9. The van der Waals surface area contributed by atoms with Crippen LogP contribution in [-0.2, 0) is 15.1 Å². The quantitative estimate of drug-likeness (QED) is 0.247. The van der Waals surface area contributed by atoms with E-state index in [0.717, 1.165) is 16.7 Å². The van der Waals surface area contributed by atoms with Crippen LogP contribution in [-0.4, -0.2) is 58.9 Å². The molecule has 3 aromatic carbocycles. The Bertz CT molecular complexity index is 1560. The zero-order valence-corrected chi connectivity index (χ0v) is 23.7. The van der Waals surface area contributed by atoms with Gasteiger partial charge in [0, 0.05) is 18.2 Å². The number of hydrogen-bond donors (Lipinski definition) is 3. The maximum absolute atomic E-state index is 12.8. The van der Waals surface area contributed by atoms with Crippen LogP contribution < -0.4 is 20.7 Å². The molecule has 4 aromatic rings. The van der Waals surface area contributed by atoms with E-state index in [0.29, 0.717) is 17.1 Å². The molecule has 1 aliphatic rings. The summed E-state index contributed by atoms with van der Waals surface area (Å²) in [7, 11) is 3.18. The topological polar surface area (TPSA) is 132 Å². The van der Waals surface area contributed by atoms with Crippen molar-refractivity contribution in [3.05, 3.63) is 128 Å². The lowest BCUT2D eigenvalue weighted by Gasteiger charge is -2.41. The first-order chi connectivity index (χ1) is 20.3. The number of H-pyrrole nitrogens is 1. The van der Waals surface area contributed by atoms with Gasteiger partial charge in [-0.05, 0) is 47.9 Å². The summed E-state index contributed by atoms with van der Waals surface area (Å²) in [6.45, 7) is 0.409. The number of hydrogen-bond acceptors (Lipinski definition) is 8. The number of aromatic nitrogens is 2. The van der Waals surface area contributed by atoms with Crippen LogP contribution in [0.15, 0.2) is 94.6 Å². The molecule has 10 nitrogen and oxygen atoms in total. The highest BCUT2D eigenvalue weighted by atomic mass is 16.6. The van der Waals surface area contributed by atoms with E-state index in [1.807, 2.05) is 78.9 Å². The third kappa shape index (κ3) is 5.14. The Morgan fingerprint density at radius 2 is 1.40 bits per heavy atom. The summed E-state index contributed by atoms with van der Waals surface area (Å²) < 4.78 is 25.4. The van der Waals surface area contributed by atoms with Crippen molar-refractivity contribution in [3.63, 3.8) is 0 Å². The minimum Gasteiger partial charge on any atom is -0.497 e. The van der Waals surface area contributed by atoms with E-state index in [1.54, 1.807) is 21.1 Å². The minimum absolute atomic E-state index is 0.0907. The number of aliphatic hydroxyl groups is 2. The maximum Gasteiger partial charge on any atom is 0.330 e. The molecule has 0 spiro atoms. The van der Waals surface area contributed by atoms with Crippen molar-refractivity contribution >= 4 is 0 Å². The largest absolute Gasteiger partial charge is 0.497 e.